The topological polar surface area (TPSA) is 78.3 Å². The number of fused-ring (bicyclic) bond motifs is 1. The molecule has 0 fully saturated rings. The maximum Gasteiger partial charge on any atom is 0.168 e. The first kappa shape index (κ1) is 21.9. The molecule has 1 aliphatic heterocycles. The first-order valence-corrected chi connectivity index (χ1v) is 10.9. The van der Waals surface area contributed by atoms with Crippen molar-refractivity contribution in [3.05, 3.63) is 65.6 Å². The Morgan fingerprint density at radius 1 is 1.19 bits per heavy atom. The number of aryl methyl sites for hydroxylation is 1. The van der Waals surface area contributed by atoms with Crippen LogP contribution in [-0.4, -0.2) is 34.8 Å². The summed E-state index contributed by atoms with van der Waals surface area (Å²) in [7, 11) is 3.25. The number of hydrogen-bond acceptors (Lipinski definition) is 6. The lowest BCUT2D eigenvalue weighted by Gasteiger charge is -2.37. The third kappa shape index (κ3) is 4.33. The average molecular weight is 435 g/mol. The number of nitrogens with zero attached hydrogens (tertiary/aromatic N) is 3. The zero-order valence-corrected chi connectivity index (χ0v) is 19.1. The van der Waals surface area contributed by atoms with Gasteiger partial charge in [0.05, 0.1) is 43.3 Å². The van der Waals surface area contributed by atoms with Crippen LogP contribution in [0.15, 0.2) is 48.8 Å². The van der Waals surface area contributed by atoms with Gasteiger partial charge in [0.25, 0.3) is 0 Å². The fourth-order valence-electron chi connectivity index (χ4n) is 4.34. The predicted molar refractivity (Wildman–Crippen MR) is 124 cm³/mol. The summed E-state index contributed by atoms with van der Waals surface area (Å²) in [6.45, 7) is 4.29. The Morgan fingerprint density at radius 3 is 2.72 bits per heavy atom. The van der Waals surface area contributed by atoms with Gasteiger partial charge in [0.15, 0.2) is 17.3 Å². The number of carbonyl (C=O) groups excluding carboxylic acids is 1. The smallest absolute Gasteiger partial charge is 0.168 e. The van der Waals surface area contributed by atoms with Crippen molar-refractivity contribution in [2.45, 2.75) is 51.1 Å². The van der Waals surface area contributed by atoms with Gasteiger partial charge in [-0.05, 0) is 62.9 Å². The fraction of sp³-hybridized carbons (Fsp3) is 0.400. The SMILES string of the molecule is COc1ccc(CCCC(=O)c2cnn3c2NC(c2ccccn2)CC3(C)C)cc1OC. The fourth-order valence-corrected chi connectivity index (χ4v) is 4.34. The molecule has 0 aliphatic carbocycles. The van der Waals surface area contributed by atoms with Gasteiger partial charge in [-0.1, -0.05) is 12.1 Å². The van der Waals surface area contributed by atoms with E-state index in [1.165, 1.54) is 0 Å². The number of methoxy groups -OCH3 is 2. The molecule has 1 aromatic carbocycles. The van der Waals surface area contributed by atoms with E-state index in [1.54, 1.807) is 26.6 Å². The Bertz CT molecular complexity index is 1090. The molecule has 1 atom stereocenters. The second-order valence-corrected chi connectivity index (χ2v) is 8.75. The van der Waals surface area contributed by atoms with Gasteiger partial charge < -0.3 is 14.8 Å². The van der Waals surface area contributed by atoms with Crippen LogP contribution >= 0.6 is 0 Å². The molecule has 0 saturated carbocycles. The van der Waals surface area contributed by atoms with Crippen LogP contribution in [0.4, 0.5) is 5.82 Å². The minimum absolute atomic E-state index is 0.0358. The number of benzene rings is 1. The number of aromatic nitrogens is 3. The number of Topliss-reactive ketones (excluding diaryl/α,β-unsaturated/α-hetero) is 1. The van der Waals surface area contributed by atoms with Crippen LogP contribution in [0, 0.1) is 0 Å². The zero-order chi connectivity index (χ0) is 22.7. The minimum Gasteiger partial charge on any atom is -0.493 e. The standard InChI is InChI=1S/C25H30N4O3/c1-25(2)15-20(19-9-5-6-13-26-19)28-24-18(16-27-29(24)25)21(30)10-7-8-17-11-12-22(31-3)23(14-17)32-4/h5-6,9,11-14,16,20,28H,7-8,10,15H2,1-4H3. The molecule has 3 heterocycles. The summed E-state index contributed by atoms with van der Waals surface area (Å²) in [5.74, 6) is 2.29. The van der Waals surface area contributed by atoms with Gasteiger partial charge in [0.2, 0.25) is 0 Å². The number of anilines is 1. The van der Waals surface area contributed by atoms with Crippen LogP contribution in [0.1, 0.15) is 60.8 Å². The van der Waals surface area contributed by atoms with Crippen molar-refractivity contribution in [1.82, 2.24) is 14.8 Å². The first-order valence-electron chi connectivity index (χ1n) is 10.9. The van der Waals surface area contributed by atoms with Gasteiger partial charge in [-0.25, -0.2) is 4.68 Å². The highest BCUT2D eigenvalue weighted by Crippen LogP contribution is 2.39. The average Bonchev–Trinajstić information content (AvgIpc) is 3.24. The highest BCUT2D eigenvalue weighted by molar-refractivity contribution is 6.00. The highest BCUT2D eigenvalue weighted by atomic mass is 16.5. The molecule has 0 saturated heterocycles. The van der Waals surface area contributed by atoms with E-state index in [9.17, 15) is 4.79 Å². The lowest BCUT2D eigenvalue weighted by atomic mass is 9.90. The number of pyridine rings is 1. The van der Waals surface area contributed by atoms with Crippen molar-refractivity contribution in [3.8, 4) is 11.5 Å². The molecule has 0 radical (unpaired) electrons. The van der Waals surface area contributed by atoms with E-state index in [0.717, 1.165) is 36.3 Å². The summed E-state index contributed by atoms with van der Waals surface area (Å²) in [4.78, 5) is 17.6. The summed E-state index contributed by atoms with van der Waals surface area (Å²) in [5.41, 5.74) is 2.51. The Kier molecular flexibility index (Phi) is 6.17. The molecule has 7 heteroatoms. The van der Waals surface area contributed by atoms with Gasteiger partial charge in [-0.3, -0.25) is 9.78 Å². The van der Waals surface area contributed by atoms with E-state index >= 15 is 0 Å². The molecule has 0 bridgehead atoms. The number of nitrogens with one attached hydrogen (secondary N) is 1. The molecular weight excluding hydrogens is 404 g/mol. The van der Waals surface area contributed by atoms with Crippen molar-refractivity contribution >= 4 is 11.6 Å². The third-order valence-electron chi connectivity index (χ3n) is 6.02. The summed E-state index contributed by atoms with van der Waals surface area (Å²) in [5, 5.41) is 8.07. The first-order chi connectivity index (χ1) is 15.4. The Labute approximate surface area is 188 Å². The van der Waals surface area contributed by atoms with Crippen LogP contribution in [-0.2, 0) is 12.0 Å². The molecule has 1 aliphatic rings. The molecule has 7 nitrogen and oxygen atoms in total. The lowest BCUT2D eigenvalue weighted by Crippen LogP contribution is -2.38. The van der Waals surface area contributed by atoms with Gasteiger partial charge in [-0.2, -0.15) is 5.10 Å². The highest BCUT2D eigenvalue weighted by Gasteiger charge is 2.36. The molecule has 1 unspecified atom stereocenters. The summed E-state index contributed by atoms with van der Waals surface area (Å²) in [6, 6.07) is 11.8. The van der Waals surface area contributed by atoms with Crippen molar-refractivity contribution in [3.63, 3.8) is 0 Å². The van der Waals surface area contributed by atoms with Gasteiger partial charge in [0.1, 0.15) is 5.82 Å². The monoisotopic (exact) mass is 434 g/mol. The largest absolute Gasteiger partial charge is 0.493 e. The summed E-state index contributed by atoms with van der Waals surface area (Å²) in [6.07, 6.45) is 6.31. The Balaban J connectivity index is 1.46. The second kappa shape index (κ2) is 9.02. The van der Waals surface area contributed by atoms with E-state index in [4.69, 9.17) is 9.47 Å². The van der Waals surface area contributed by atoms with Crippen molar-refractivity contribution < 1.29 is 14.3 Å². The number of ether oxygens (including phenoxy) is 2. The maximum atomic E-state index is 13.1. The second-order valence-electron chi connectivity index (χ2n) is 8.75. The minimum atomic E-state index is -0.221. The van der Waals surface area contributed by atoms with Gasteiger partial charge in [-0.15, -0.1) is 0 Å². The molecular formula is C25H30N4O3. The molecule has 168 valence electrons. The number of rotatable bonds is 8. The van der Waals surface area contributed by atoms with Crippen LogP contribution in [0.3, 0.4) is 0 Å². The van der Waals surface area contributed by atoms with E-state index in [2.05, 4.69) is 29.2 Å². The molecule has 2 aromatic heterocycles. The van der Waals surface area contributed by atoms with E-state index < -0.39 is 0 Å². The molecule has 1 N–H and O–H groups in total. The summed E-state index contributed by atoms with van der Waals surface area (Å²) >= 11 is 0. The zero-order valence-electron chi connectivity index (χ0n) is 19.1. The number of carbonyl (C=O) groups is 1. The predicted octanol–water partition coefficient (Wildman–Crippen LogP) is 4.79. The van der Waals surface area contributed by atoms with Crippen molar-refractivity contribution in [2.75, 3.05) is 19.5 Å². The molecule has 32 heavy (non-hydrogen) atoms. The van der Waals surface area contributed by atoms with Crippen LogP contribution < -0.4 is 14.8 Å². The van der Waals surface area contributed by atoms with Gasteiger partial charge in [0, 0.05) is 12.6 Å². The van der Waals surface area contributed by atoms with E-state index in [0.29, 0.717) is 23.5 Å². The number of hydrogen-bond donors (Lipinski definition) is 1. The van der Waals surface area contributed by atoms with Crippen LogP contribution in [0.25, 0.3) is 0 Å². The Hall–Kier alpha value is -3.35. The molecule has 0 spiro atoms. The normalized spacial score (nSPS) is 16.7. The Morgan fingerprint density at radius 2 is 2.00 bits per heavy atom. The van der Waals surface area contributed by atoms with Crippen molar-refractivity contribution in [1.29, 1.82) is 0 Å². The number of ketones is 1. The summed E-state index contributed by atoms with van der Waals surface area (Å²) < 4.78 is 12.6. The molecule has 4 rings (SSSR count). The maximum absolute atomic E-state index is 13.1. The lowest BCUT2D eigenvalue weighted by molar-refractivity contribution is 0.0980. The van der Waals surface area contributed by atoms with Crippen molar-refractivity contribution in [2.24, 2.45) is 0 Å². The third-order valence-corrected chi connectivity index (χ3v) is 6.02. The van der Waals surface area contributed by atoms with E-state index in [1.807, 2.05) is 41.1 Å². The molecule has 3 aromatic rings. The van der Waals surface area contributed by atoms with Gasteiger partial charge >= 0.3 is 0 Å². The van der Waals surface area contributed by atoms with Crippen LogP contribution in [0.2, 0.25) is 0 Å². The van der Waals surface area contributed by atoms with Crippen LogP contribution in [0.5, 0.6) is 11.5 Å². The quantitative estimate of drug-likeness (QED) is 0.514. The molecule has 0 amide bonds. The van der Waals surface area contributed by atoms with E-state index in [-0.39, 0.29) is 17.4 Å².